The van der Waals surface area contributed by atoms with Crippen LogP contribution >= 0.6 is 34.8 Å². The first kappa shape index (κ1) is 18.7. The molecule has 0 heterocycles. The second-order valence-corrected chi connectivity index (χ2v) is 7.31. The van der Waals surface area contributed by atoms with Crippen LogP contribution in [0.15, 0.2) is 54.6 Å². The number of carbonyl (C=O) groups is 1. The molecule has 128 valence electrons. The molecule has 0 aliphatic carbocycles. The number of hydrogen-bond acceptors (Lipinski definition) is 3. The fourth-order valence-electron chi connectivity index (χ4n) is 1.95. The van der Waals surface area contributed by atoms with Gasteiger partial charge in [-0.15, -0.1) is 0 Å². The largest absolute Gasteiger partial charge is 0.497 e. The second-order valence-electron chi connectivity index (χ2n) is 4.94. The number of amides is 1. The molecule has 0 aromatic heterocycles. The van der Waals surface area contributed by atoms with Crippen LogP contribution < -0.4 is 14.8 Å². The molecule has 0 saturated heterocycles. The number of benzene rings is 2. The Kier molecular flexibility index (Phi) is 6.60. The van der Waals surface area contributed by atoms with E-state index in [0.717, 1.165) is 5.56 Å². The number of nitrogens with one attached hydrogen (secondary N) is 1. The molecule has 0 spiro atoms. The number of carbonyl (C=O) groups excluding carboxylic acids is 1. The maximum absolute atomic E-state index is 12.2. The van der Waals surface area contributed by atoms with E-state index in [1.807, 2.05) is 30.3 Å². The van der Waals surface area contributed by atoms with Crippen molar-refractivity contribution in [3.05, 3.63) is 60.2 Å². The van der Waals surface area contributed by atoms with Crippen molar-refractivity contribution >= 4 is 40.7 Å². The lowest BCUT2D eigenvalue weighted by atomic mass is 10.1. The summed E-state index contributed by atoms with van der Waals surface area (Å²) in [5.41, 5.74) is 0.850. The smallest absolute Gasteiger partial charge is 0.246 e. The molecule has 2 aromatic rings. The molecule has 0 unspecified atom stereocenters. The third-order valence-corrected chi connectivity index (χ3v) is 3.70. The predicted octanol–water partition coefficient (Wildman–Crippen LogP) is 4.13. The van der Waals surface area contributed by atoms with Crippen LogP contribution in [0.1, 0.15) is 5.56 Å². The summed E-state index contributed by atoms with van der Waals surface area (Å²) in [6.07, 6.45) is -0.976. The van der Waals surface area contributed by atoms with Gasteiger partial charge in [0.15, 0.2) is 0 Å². The number of ether oxygens (including phenoxy) is 2. The van der Waals surface area contributed by atoms with E-state index in [1.165, 1.54) is 0 Å². The average molecular weight is 389 g/mol. The van der Waals surface area contributed by atoms with Gasteiger partial charge >= 0.3 is 0 Å². The van der Waals surface area contributed by atoms with Crippen molar-refractivity contribution in [3.63, 3.8) is 0 Å². The number of rotatable bonds is 6. The predicted molar refractivity (Wildman–Crippen MR) is 96.0 cm³/mol. The average Bonchev–Trinajstić information content (AvgIpc) is 2.55. The minimum Gasteiger partial charge on any atom is -0.497 e. The molecule has 2 aromatic carbocycles. The highest BCUT2D eigenvalue weighted by Gasteiger charge is 2.36. The van der Waals surface area contributed by atoms with E-state index in [9.17, 15) is 4.79 Å². The number of methoxy groups -OCH3 is 1. The lowest BCUT2D eigenvalue weighted by Gasteiger charge is -2.26. The number of alkyl halides is 3. The SMILES string of the molecule is COc1ccc(O[C@H](NC(=O)Cc2ccccc2)C(Cl)(Cl)Cl)cc1. The van der Waals surface area contributed by atoms with Gasteiger partial charge in [0.1, 0.15) is 11.5 Å². The minimum atomic E-state index is -1.83. The van der Waals surface area contributed by atoms with Gasteiger partial charge in [0, 0.05) is 0 Å². The first-order valence-corrected chi connectivity index (χ1v) is 8.22. The highest BCUT2D eigenvalue weighted by molar-refractivity contribution is 6.68. The summed E-state index contributed by atoms with van der Waals surface area (Å²) in [4.78, 5) is 12.2. The van der Waals surface area contributed by atoms with Gasteiger partial charge < -0.3 is 14.8 Å². The van der Waals surface area contributed by atoms with Crippen LogP contribution in [-0.2, 0) is 11.2 Å². The molecule has 0 fully saturated rings. The number of hydrogen-bond donors (Lipinski definition) is 1. The normalized spacial score (nSPS) is 12.3. The van der Waals surface area contributed by atoms with Crippen molar-refractivity contribution < 1.29 is 14.3 Å². The molecule has 0 radical (unpaired) electrons. The fourth-order valence-corrected chi connectivity index (χ4v) is 2.24. The summed E-state index contributed by atoms with van der Waals surface area (Å²) >= 11 is 17.8. The molecule has 4 nitrogen and oxygen atoms in total. The lowest BCUT2D eigenvalue weighted by molar-refractivity contribution is -0.122. The second kappa shape index (κ2) is 8.47. The van der Waals surface area contributed by atoms with E-state index < -0.39 is 10.0 Å². The third-order valence-electron chi connectivity index (χ3n) is 3.11. The number of halogens is 3. The van der Waals surface area contributed by atoms with Gasteiger partial charge in [0.25, 0.3) is 0 Å². The van der Waals surface area contributed by atoms with Gasteiger partial charge in [0.05, 0.1) is 13.5 Å². The van der Waals surface area contributed by atoms with E-state index in [4.69, 9.17) is 44.3 Å². The van der Waals surface area contributed by atoms with Gasteiger partial charge in [-0.1, -0.05) is 65.1 Å². The third kappa shape index (κ3) is 5.78. The molecular formula is C17H16Cl3NO3. The maximum atomic E-state index is 12.2. The Morgan fingerprint density at radius 1 is 1.04 bits per heavy atom. The molecule has 24 heavy (non-hydrogen) atoms. The van der Waals surface area contributed by atoms with Crippen LogP contribution in [0, 0.1) is 0 Å². The van der Waals surface area contributed by atoms with Gasteiger partial charge in [-0.3, -0.25) is 4.79 Å². The molecule has 0 bridgehead atoms. The molecule has 2 rings (SSSR count). The standard InChI is InChI=1S/C17H16Cl3NO3/c1-23-13-7-9-14(10-8-13)24-16(17(18,19)20)21-15(22)11-12-5-3-2-4-6-12/h2-10,16H,11H2,1H3,(H,21,22)/t16-/m0/s1. The monoisotopic (exact) mass is 387 g/mol. The Labute approximate surface area is 155 Å². The van der Waals surface area contributed by atoms with Crippen LogP contribution in [0.2, 0.25) is 0 Å². The zero-order chi connectivity index (χ0) is 17.6. The van der Waals surface area contributed by atoms with E-state index in [2.05, 4.69) is 5.32 Å². The minimum absolute atomic E-state index is 0.157. The van der Waals surface area contributed by atoms with Crippen LogP contribution in [0.25, 0.3) is 0 Å². The van der Waals surface area contributed by atoms with E-state index in [-0.39, 0.29) is 12.3 Å². The molecule has 1 amide bonds. The van der Waals surface area contributed by atoms with Gasteiger partial charge in [-0.25, -0.2) is 0 Å². The highest BCUT2D eigenvalue weighted by Crippen LogP contribution is 2.32. The zero-order valence-electron chi connectivity index (χ0n) is 12.8. The summed E-state index contributed by atoms with van der Waals surface area (Å²) in [5, 5.41) is 2.59. The summed E-state index contributed by atoms with van der Waals surface area (Å²) < 4.78 is 8.85. The van der Waals surface area contributed by atoms with Crippen molar-refractivity contribution in [3.8, 4) is 11.5 Å². The fraction of sp³-hybridized carbons (Fsp3) is 0.235. The zero-order valence-corrected chi connectivity index (χ0v) is 15.1. The van der Waals surface area contributed by atoms with E-state index in [1.54, 1.807) is 31.4 Å². The molecule has 7 heteroatoms. The summed E-state index contributed by atoms with van der Waals surface area (Å²) in [6.45, 7) is 0. The molecule has 0 aliphatic heterocycles. The first-order valence-electron chi connectivity index (χ1n) is 7.09. The molecular weight excluding hydrogens is 373 g/mol. The quantitative estimate of drug-likeness (QED) is 0.598. The van der Waals surface area contributed by atoms with Gasteiger partial charge in [-0.05, 0) is 29.8 Å². The molecule has 0 saturated carbocycles. The lowest BCUT2D eigenvalue weighted by Crippen LogP contribution is -2.48. The van der Waals surface area contributed by atoms with Crippen molar-refractivity contribution in [1.82, 2.24) is 5.32 Å². The van der Waals surface area contributed by atoms with E-state index >= 15 is 0 Å². The summed E-state index contributed by atoms with van der Waals surface area (Å²) in [7, 11) is 1.56. The van der Waals surface area contributed by atoms with Crippen LogP contribution in [0.5, 0.6) is 11.5 Å². The summed E-state index contributed by atoms with van der Waals surface area (Å²) in [5.74, 6) is 0.791. The van der Waals surface area contributed by atoms with Crippen molar-refractivity contribution in [2.24, 2.45) is 0 Å². The van der Waals surface area contributed by atoms with Crippen molar-refractivity contribution in [1.29, 1.82) is 0 Å². The Balaban J connectivity index is 2.03. The van der Waals surface area contributed by atoms with E-state index in [0.29, 0.717) is 11.5 Å². The highest BCUT2D eigenvalue weighted by atomic mass is 35.6. The molecule has 1 N–H and O–H groups in total. The molecule has 1 atom stereocenters. The van der Waals surface area contributed by atoms with Crippen LogP contribution in [0.3, 0.4) is 0 Å². The topological polar surface area (TPSA) is 47.6 Å². The Hall–Kier alpha value is -1.62. The van der Waals surface area contributed by atoms with Gasteiger partial charge in [-0.2, -0.15) is 0 Å². The molecule has 0 aliphatic rings. The van der Waals surface area contributed by atoms with Crippen LogP contribution in [0.4, 0.5) is 0 Å². The Morgan fingerprint density at radius 3 is 2.17 bits per heavy atom. The van der Waals surface area contributed by atoms with Gasteiger partial charge in [0.2, 0.25) is 15.9 Å². The van der Waals surface area contributed by atoms with Crippen molar-refractivity contribution in [2.45, 2.75) is 16.4 Å². The van der Waals surface area contributed by atoms with Crippen LogP contribution in [-0.4, -0.2) is 23.0 Å². The maximum Gasteiger partial charge on any atom is 0.246 e. The summed E-state index contributed by atoms with van der Waals surface area (Å²) in [6, 6.07) is 16.0. The van der Waals surface area contributed by atoms with Crippen molar-refractivity contribution in [2.75, 3.05) is 7.11 Å². The Morgan fingerprint density at radius 2 is 1.62 bits per heavy atom. The Bertz CT molecular complexity index is 657. The first-order chi connectivity index (χ1) is 11.4.